The van der Waals surface area contributed by atoms with E-state index in [4.69, 9.17) is 27.1 Å². The van der Waals surface area contributed by atoms with Gasteiger partial charge >= 0.3 is 0 Å². The molecular formula is C26H26ClFN6O. The number of aromatic nitrogens is 4. The number of nitrogen functional groups attached to an aromatic ring is 1. The summed E-state index contributed by atoms with van der Waals surface area (Å²) in [6.45, 7) is 0. The van der Waals surface area contributed by atoms with Crippen LogP contribution in [0.1, 0.15) is 47.1 Å². The second kappa shape index (κ2) is 9.19. The number of hydrogen-bond acceptors (Lipinski definition) is 6. The molecule has 0 fully saturated rings. The van der Waals surface area contributed by atoms with Gasteiger partial charge in [-0.3, -0.25) is 0 Å². The molecule has 180 valence electrons. The lowest BCUT2D eigenvalue weighted by Crippen LogP contribution is -2.25. The molecule has 2 aromatic carbocycles. The van der Waals surface area contributed by atoms with Crippen LogP contribution in [0.25, 0.3) is 5.69 Å². The topological polar surface area (TPSA) is 82.1 Å². The SMILES string of the molecule is COc1cc(C2CCC(c3ccc(F)cc3)c3nc(N)nc(N(C)C)c32)ccc1-n1cnc(Cl)c1. The monoisotopic (exact) mass is 492 g/mol. The van der Waals surface area contributed by atoms with Crippen LogP contribution in [-0.4, -0.2) is 40.7 Å². The van der Waals surface area contributed by atoms with Crippen LogP contribution in [0.15, 0.2) is 55.0 Å². The summed E-state index contributed by atoms with van der Waals surface area (Å²) in [4.78, 5) is 15.4. The first kappa shape index (κ1) is 23.1. The number of hydrogen-bond donors (Lipinski definition) is 1. The fourth-order valence-electron chi connectivity index (χ4n) is 4.95. The minimum atomic E-state index is -0.259. The van der Waals surface area contributed by atoms with E-state index >= 15 is 0 Å². The third-order valence-electron chi connectivity index (χ3n) is 6.53. The van der Waals surface area contributed by atoms with Gasteiger partial charge in [0.15, 0.2) is 0 Å². The highest BCUT2D eigenvalue weighted by molar-refractivity contribution is 6.29. The van der Waals surface area contributed by atoms with E-state index in [2.05, 4.69) is 16.0 Å². The molecule has 0 saturated carbocycles. The van der Waals surface area contributed by atoms with Crippen LogP contribution in [0.4, 0.5) is 16.2 Å². The molecule has 0 saturated heterocycles. The zero-order valence-electron chi connectivity index (χ0n) is 19.7. The van der Waals surface area contributed by atoms with Gasteiger partial charge in [0.25, 0.3) is 0 Å². The molecule has 0 spiro atoms. The third-order valence-corrected chi connectivity index (χ3v) is 6.72. The first-order valence-electron chi connectivity index (χ1n) is 11.3. The molecule has 5 rings (SSSR count). The highest BCUT2D eigenvalue weighted by Gasteiger charge is 2.35. The van der Waals surface area contributed by atoms with Crippen LogP contribution in [0.3, 0.4) is 0 Å². The molecule has 0 amide bonds. The number of imidazole rings is 1. The Kier molecular flexibility index (Phi) is 6.06. The molecule has 9 heteroatoms. The van der Waals surface area contributed by atoms with Gasteiger partial charge in [-0.05, 0) is 48.2 Å². The van der Waals surface area contributed by atoms with E-state index in [1.54, 1.807) is 19.6 Å². The van der Waals surface area contributed by atoms with Gasteiger partial charge in [0.05, 0.1) is 18.5 Å². The Bertz CT molecular complexity index is 1370. The summed E-state index contributed by atoms with van der Waals surface area (Å²) >= 11 is 6.03. The molecule has 0 bridgehead atoms. The van der Waals surface area contributed by atoms with Crippen LogP contribution >= 0.6 is 11.6 Å². The van der Waals surface area contributed by atoms with Gasteiger partial charge in [-0.25, -0.2) is 14.4 Å². The maximum atomic E-state index is 13.6. The molecule has 0 radical (unpaired) electrons. The van der Waals surface area contributed by atoms with Crippen molar-refractivity contribution in [2.75, 3.05) is 31.8 Å². The van der Waals surface area contributed by atoms with Crippen molar-refractivity contribution in [3.8, 4) is 11.4 Å². The van der Waals surface area contributed by atoms with E-state index < -0.39 is 0 Å². The molecule has 2 heterocycles. The molecule has 2 unspecified atom stereocenters. The average molecular weight is 493 g/mol. The van der Waals surface area contributed by atoms with Crippen LogP contribution in [0.2, 0.25) is 5.15 Å². The summed E-state index contributed by atoms with van der Waals surface area (Å²) in [5, 5.41) is 0.412. The number of anilines is 2. The fraction of sp³-hybridized carbons (Fsp3) is 0.269. The van der Waals surface area contributed by atoms with Gasteiger partial charge < -0.3 is 19.9 Å². The highest BCUT2D eigenvalue weighted by Crippen LogP contribution is 2.48. The normalized spacial score (nSPS) is 17.2. The van der Waals surface area contributed by atoms with E-state index in [0.717, 1.165) is 46.7 Å². The van der Waals surface area contributed by atoms with Crippen molar-refractivity contribution in [3.63, 3.8) is 0 Å². The summed E-state index contributed by atoms with van der Waals surface area (Å²) in [6.07, 6.45) is 5.10. The van der Waals surface area contributed by atoms with Crippen LogP contribution in [0.5, 0.6) is 5.75 Å². The number of methoxy groups -OCH3 is 1. The van der Waals surface area contributed by atoms with Gasteiger partial charge in [0.1, 0.15) is 28.9 Å². The standard InChI is InChI=1S/C26H26ClFN6O/c1-33(2)25-23-18(16-6-11-20(21(12-16)35-3)34-13-22(27)30-14-34)9-10-19(24(23)31-26(29)32-25)15-4-7-17(28)8-5-15/h4-8,11-14,18-19H,9-10H2,1-3H3,(H2,29,31,32). The second-order valence-corrected chi connectivity index (χ2v) is 9.26. The Balaban J connectivity index is 1.64. The van der Waals surface area contributed by atoms with Crippen molar-refractivity contribution < 1.29 is 9.13 Å². The van der Waals surface area contributed by atoms with Gasteiger partial charge in [-0.15, -0.1) is 0 Å². The van der Waals surface area contributed by atoms with Gasteiger partial charge in [0, 0.05) is 37.7 Å². The fourth-order valence-corrected chi connectivity index (χ4v) is 5.10. The number of rotatable bonds is 5. The summed E-state index contributed by atoms with van der Waals surface area (Å²) < 4.78 is 21.2. The van der Waals surface area contributed by atoms with Crippen molar-refractivity contribution in [2.24, 2.45) is 0 Å². The summed E-state index contributed by atoms with van der Waals surface area (Å²) in [5.74, 6) is 1.50. The Morgan fingerprint density at radius 3 is 2.43 bits per heavy atom. The lowest BCUT2D eigenvalue weighted by molar-refractivity contribution is 0.411. The van der Waals surface area contributed by atoms with Crippen molar-refractivity contribution in [1.29, 1.82) is 0 Å². The Labute approximate surface area is 208 Å². The molecule has 0 aliphatic heterocycles. The van der Waals surface area contributed by atoms with Crippen molar-refractivity contribution in [3.05, 3.63) is 88.3 Å². The Morgan fingerprint density at radius 1 is 1.06 bits per heavy atom. The highest BCUT2D eigenvalue weighted by atomic mass is 35.5. The average Bonchev–Trinajstić information content (AvgIpc) is 3.29. The van der Waals surface area contributed by atoms with E-state index in [0.29, 0.717) is 10.9 Å². The number of nitrogens with zero attached hydrogens (tertiary/aromatic N) is 5. The quantitative estimate of drug-likeness (QED) is 0.414. The lowest BCUT2D eigenvalue weighted by Gasteiger charge is -2.34. The van der Waals surface area contributed by atoms with Gasteiger partial charge in [0.2, 0.25) is 5.95 Å². The van der Waals surface area contributed by atoms with Gasteiger partial charge in [-0.2, -0.15) is 4.98 Å². The number of halogens is 2. The molecule has 2 N–H and O–H groups in total. The minimum Gasteiger partial charge on any atom is -0.495 e. The molecule has 1 aliphatic rings. The first-order chi connectivity index (χ1) is 16.9. The first-order valence-corrected chi connectivity index (χ1v) is 11.7. The molecule has 35 heavy (non-hydrogen) atoms. The molecule has 4 aromatic rings. The van der Waals surface area contributed by atoms with Crippen molar-refractivity contribution >= 4 is 23.4 Å². The van der Waals surface area contributed by atoms with Crippen molar-refractivity contribution in [2.45, 2.75) is 24.7 Å². The van der Waals surface area contributed by atoms with Crippen molar-refractivity contribution in [1.82, 2.24) is 19.5 Å². The predicted molar refractivity (Wildman–Crippen MR) is 135 cm³/mol. The number of fused-ring (bicyclic) bond motifs is 1. The molecule has 2 aromatic heterocycles. The molecule has 1 aliphatic carbocycles. The zero-order chi connectivity index (χ0) is 24.7. The number of ether oxygens (including phenoxy) is 1. The van der Waals surface area contributed by atoms with Crippen LogP contribution in [-0.2, 0) is 0 Å². The lowest BCUT2D eigenvalue weighted by atomic mass is 9.74. The summed E-state index contributed by atoms with van der Waals surface area (Å²) in [6, 6.07) is 12.8. The maximum Gasteiger partial charge on any atom is 0.222 e. The number of nitrogens with two attached hydrogens (primary N) is 1. The third kappa shape index (κ3) is 4.30. The summed E-state index contributed by atoms with van der Waals surface area (Å²) in [5.41, 5.74) is 11.0. The predicted octanol–water partition coefficient (Wildman–Crippen LogP) is 5.17. The second-order valence-electron chi connectivity index (χ2n) is 8.87. The van der Waals surface area contributed by atoms with E-state index in [9.17, 15) is 4.39 Å². The van der Waals surface area contributed by atoms with Crippen LogP contribution < -0.4 is 15.4 Å². The smallest absolute Gasteiger partial charge is 0.222 e. The van der Waals surface area contributed by atoms with E-state index in [-0.39, 0.29) is 23.6 Å². The molecule has 7 nitrogen and oxygen atoms in total. The Hall–Kier alpha value is -3.65. The zero-order valence-corrected chi connectivity index (χ0v) is 20.5. The molecule has 2 atom stereocenters. The maximum absolute atomic E-state index is 13.6. The van der Waals surface area contributed by atoms with Gasteiger partial charge in [-0.1, -0.05) is 29.8 Å². The number of benzene rings is 2. The molecular weight excluding hydrogens is 467 g/mol. The Morgan fingerprint density at radius 2 is 1.77 bits per heavy atom. The van der Waals surface area contributed by atoms with Crippen LogP contribution in [0, 0.1) is 5.82 Å². The largest absolute Gasteiger partial charge is 0.495 e. The van der Waals surface area contributed by atoms with E-state index in [1.165, 1.54) is 12.1 Å². The summed E-state index contributed by atoms with van der Waals surface area (Å²) in [7, 11) is 5.55. The minimum absolute atomic E-state index is 0.000101. The van der Waals surface area contributed by atoms with E-state index in [1.807, 2.05) is 47.8 Å².